The third kappa shape index (κ3) is 2.07. The summed E-state index contributed by atoms with van der Waals surface area (Å²) in [6.45, 7) is 2.21. The molecule has 0 bridgehead atoms. The molecule has 0 saturated carbocycles. The van der Waals surface area contributed by atoms with E-state index in [1.807, 2.05) is 0 Å². The summed E-state index contributed by atoms with van der Waals surface area (Å²) in [6.07, 6.45) is 1.34. The van der Waals surface area contributed by atoms with Crippen molar-refractivity contribution in [3.63, 3.8) is 0 Å². The van der Waals surface area contributed by atoms with Gasteiger partial charge in [-0.15, -0.1) is 0 Å². The lowest BCUT2D eigenvalue weighted by molar-refractivity contribution is 0.0684. The number of carboxylic acid groups (broad SMARTS) is 1. The van der Waals surface area contributed by atoms with Gasteiger partial charge in [-0.05, 0) is 19.1 Å². The molecule has 1 heterocycles. The number of pyridine rings is 1. The average molecular weight is 194 g/mol. The van der Waals surface area contributed by atoms with Gasteiger partial charge >= 0.3 is 5.97 Å². The molecule has 14 heavy (non-hydrogen) atoms. The number of amides is 1. The second kappa shape index (κ2) is 4.36. The van der Waals surface area contributed by atoms with Crippen LogP contribution in [0.5, 0.6) is 0 Å². The molecule has 0 radical (unpaired) electrons. The summed E-state index contributed by atoms with van der Waals surface area (Å²) in [6, 6.07) is 2.96. The minimum absolute atomic E-state index is 0.0850. The van der Waals surface area contributed by atoms with Crippen molar-refractivity contribution in [2.45, 2.75) is 6.92 Å². The van der Waals surface area contributed by atoms with Crippen molar-refractivity contribution in [2.75, 3.05) is 6.54 Å². The van der Waals surface area contributed by atoms with Gasteiger partial charge in [0.1, 0.15) is 0 Å². The van der Waals surface area contributed by atoms with Gasteiger partial charge in [-0.2, -0.15) is 0 Å². The highest BCUT2D eigenvalue weighted by Crippen LogP contribution is 2.04. The Morgan fingerprint density at radius 2 is 2.29 bits per heavy atom. The van der Waals surface area contributed by atoms with Gasteiger partial charge in [0.25, 0.3) is 5.91 Å². The maximum atomic E-state index is 11.4. The summed E-state index contributed by atoms with van der Waals surface area (Å²) in [5.74, 6) is -1.62. The number of carboxylic acids is 1. The fourth-order valence-corrected chi connectivity index (χ4v) is 1.01. The van der Waals surface area contributed by atoms with Crippen LogP contribution in [0.2, 0.25) is 0 Å². The van der Waals surface area contributed by atoms with Crippen LogP contribution in [0, 0.1) is 0 Å². The number of nitrogens with one attached hydrogen (secondary N) is 1. The van der Waals surface area contributed by atoms with E-state index in [1.54, 1.807) is 6.92 Å². The third-order valence-corrected chi connectivity index (χ3v) is 1.59. The topological polar surface area (TPSA) is 79.3 Å². The molecule has 0 aliphatic carbocycles. The maximum absolute atomic E-state index is 11.4. The Bertz CT molecular complexity index is 363. The van der Waals surface area contributed by atoms with Gasteiger partial charge in [0.2, 0.25) is 0 Å². The molecule has 0 spiro atoms. The lowest BCUT2D eigenvalue weighted by Gasteiger charge is -2.03. The average Bonchev–Trinajstić information content (AvgIpc) is 2.18. The van der Waals surface area contributed by atoms with Crippen LogP contribution in [0.4, 0.5) is 0 Å². The zero-order valence-corrected chi connectivity index (χ0v) is 7.65. The zero-order valence-electron chi connectivity index (χ0n) is 7.65. The lowest BCUT2D eigenvalue weighted by atomic mass is 10.2. The Morgan fingerprint density at radius 3 is 2.86 bits per heavy atom. The van der Waals surface area contributed by atoms with Crippen LogP contribution in [0.25, 0.3) is 0 Å². The number of carbonyl (C=O) groups is 2. The van der Waals surface area contributed by atoms with Gasteiger partial charge in [0.15, 0.2) is 5.69 Å². The molecule has 1 amide bonds. The first-order valence-corrected chi connectivity index (χ1v) is 4.13. The second-order valence-corrected chi connectivity index (χ2v) is 2.56. The van der Waals surface area contributed by atoms with E-state index < -0.39 is 11.9 Å². The van der Waals surface area contributed by atoms with E-state index in [9.17, 15) is 9.59 Å². The Morgan fingerprint density at radius 1 is 1.57 bits per heavy atom. The fraction of sp³-hybridized carbons (Fsp3) is 0.222. The number of nitrogens with zero attached hydrogens (tertiary/aromatic N) is 1. The van der Waals surface area contributed by atoms with Gasteiger partial charge in [-0.25, -0.2) is 9.78 Å². The van der Waals surface area contributed by atoms with Crippen molar-refractivity contribution in [1.82, 2.24) is 10.3 Å². The van der Waals surface area contributed by atoms with Crippen LogP contribution in [-0.4, -0.2) is 28.5 Å². The summed E-state index contributed by atoms with van der Waals surface area (Å²) in [7, 11) is 0. The quantitative estimate of drug-likeness (QED) is 0.735. The van der Waals surface area contributed by atoms with Crippen LogP contribution in [-0.2, 0) is 0 Å². The Labute approximate surface area is 80.8 Å². The Balaban J connectivity index is 3.07. The van der Waals surface area contributed by atoms with Gasteiger partial charge in [-0.3, -0.25) is 4.79 Å². The van der Waals surface area contributed by atoms with Crippen LogP contribution < -0.4 is 5.32 Å². The number of carbonyl (C=O) groups excluding carboxylic acids is 1. The number of aromatic nitrogens is 1. The molecule has 0 aliphatic heterocycles. The minimum atomic E-state index is -1.20. The molecule has 0 aromatic carbocycles. The van der Waals surface area contributed by atoms with Crippen molar-refractivity contribution in [3.8, 4) is 0 Å². The molecule has 1 aromatic heterocycles. The normalized spacial score (nSPS) is 9.50. The molecule has 0 fully saturated rings. The predicted molar refractivity (Wildman–Crippen MR) is 49.2 cm³/mol. The minimum Gasteiger partial charge on any atom is -0.476 e. The van der Waals surface area contributed by atoms with Crippen molar-refractivity contribution in [3.05, 3.63) is 29.6 Å². The largest absolute Gasteiger partial charge is 0.476 e. The number of aromatic carboxylic acids is 1. The molecule has 1 rings (SSSR count). The molecule has 0 unspecified atom stereocenters. The standard InChI is InChI=1S/C9H10N2O3/c1-2-10-8(12)6-4-3-5-11-7(6)9(13)14/h3-5H,2H2,1H3,(H,10,12)(H,13,14). The van der Waals surface area contributed by atoms with Crippen molar-refractivity contribution < 1.29 is 14.7 Å². The van der Waals surface area contributed by atoms with Gasteiger partial charge in [-0.1, -0.05) is 0 Å². The molecule has 1 aromatic rings. The molecular weight excluding hydrogens is 184 g/mol. The molecule has 5 nitrogen and oxygen atoms in total. The van der Waals surface area contributed by atoms with Gasteiger partial charge in [0.05, 0.1) is 5.56 Å². The third-order valence-electron chi connectivity index (χ3n) is 1.59. The van der Waals surface area contributed by atoms with E-state index in [4.69, 9.17) is 5.11 Å². The predicted octanol–water partition coefficient (Wildman–Crippen LogP) is 0.530. The van der Waals surface area contributed by atoms with Crippen LogP contribution >= 0.6 is 0 Å². The highest BCUT2D eigenvalue weighted by molar-refractivity contribution is 6.03. The van der Waals surface area contributed by atoms with Crippen molar-refractivity contribution >= 4 is 11.9 Å². The SMILES string of the molecule is CCNC(=O)c1cccnc1C(=O)O. The molecule has 74 valence electrons. The molecular formula is C9H10N2O3. The highest BCUT2D eigenvalue weighted by atomic mass is 16.4. The summed E-state index contributed by atoms with van der Waals surface area (Å²) < 4.78 is 0. The van der Waals surface area contributed by atoms with E-state index in [-0.39, 0.29) is 11.3 Å². The first-order chi connectivity index (χ1) is 6.66. The second-order valence-electron chi connectivity index (χ2n) is 2.56. The smallest absolute Gasteiger partial charge is 0.355 e. The summed E-state index contributed by atoms with van der Waals surface area (Å²) in [5.41, 5.74) is -0.139. The molecule has 5 heteroatoms. The molecule has 0 saturated heterocycles. The fourth-order valence-electron chi connectivity index (χ4n) is 1.01. The van der Waals surface area contributed by atoms with Crippen molar-refractivity contribution in [1.29, 1.82) is 0 Å². The van der Waals surface area contributed by atoms with E-state index >= 15 is 0 Å². The van der Waals surface area contributed by atoms with Gasteiger partial charge in [0, 0.05) is 12.7 Å². The summed E-state index contributed by atoms with van der Waals surface area (Å²) in [5, 5.41) is 11.3. The van der Waals surface area contributed by atoms with Crippen molar-refractivity contribution in [2.24, 2.45) is 0 Å². The molecule has 0 aliphatic rings. The number of rotatable bonds is 3. The van der Waals surface area contributed by atoms with E-state index in [0.29, 0.717) is 6.54 Å². The Kier molecular flexibility index (Phi) is 3.17. The molecule has 0 atom stereocenters. The first-order valence-electron chi connectivity index (χ1n) is 4.13. The van der Waals surface area contributed by atoms with Crippen LogP contribution in [0.3, 0.4) is 0 Å². The zero-order chi connectivity index (χ0) is 10.6. The number of hydrogen-bond donors (Lipinski definition) is 2. The summed E-state index contributed by atoms with van der Waals surface area (Å²) >= 11 is 0. The monoisotopic (exact) mass is 194 g/mol. The maximum Gasteiger partial charge on any atom is 0.355 e. The summed E-state index contributed by atoms with van der Waals surface area (Å²) in [4.78, 5) is 25.7. The number of hydrogen-bond acceptors (Lipinski definition) is 3. The molecule has 2 N–H and O–H groups in total. The first kappa shape index (κ1) is 10.2. The van der Waals surface area contributed by atoms with Crippen LogP contribution in [0.15, 0.2) is 18.3 Å². The van der Waals surface area contributed by atoms with Crippen LogP contribution in [0.1, 0.15) is 27.8 Å². The van der Waals surface area contributed by atoms with E-state index in [0.717, 1.165) is 0 Å². The van der Waals surface area contributed by atoms with E-state index in [1.165, 1.54) is 18.3 Å². The van der Waals surface area contributed by atoms with Gasteiger partial charge < -0.3 is 10.4 Å². The highest BCUT2D eigenvalue weighted by Gasteiger charge is 2.16. The van der Waals surface area contributed by atoms with E-state index in [2.05, 4.69) is 10.3 Å². The lowest BCUT2D eigenvalue weighted by Crippen LogP contribution is -2.25. The Hall–Kier alpha value is -1.91.